The van der Waals surface area contributed by atoms with Crippen LogP contribution < -0.4 is 10.2 Å². The van der Waals surface area contributed by atoms with Crippen molar-refractivity contribution in [2.75, 3.05) is 0 Å². The maximum atomic E-state index is 12.4. The highest BCUT2D eigenvalue weighted by atomic mass is 35.5. The molecule has 5 nitrogen and oxygen atoms in total. The number of carbonyl (C=O) groups excluding carboxylic acids is 2. The van der Waals surface area contributed by atoms with Gasteiger partial charge in [-0.3, -0.25) is 4.79 Å². The fourth-order valence-electron chi connectivity index (χ4n) is 2.46. The molecule has 0 fully saturated rings. The summed E-state index contributed by atoms with van der Waals surface area (Å²) in [6, 6.07) is 16.2. The number of ether oxygens (including phenoxy) is 1. The van der Waals surface area contributed by atoms with Crippen molar-refractivity contribution in [1.29, 1.82) is 0 Å². The lowest BCUT2D eigenvalue weighted by Gasteiger charge is -2.08. The normalized spacial score (nSPS) is 10.8. The highest BCUT2D eigenvalue weighted by molar-refractivity contribution is 6.36. The van der Waals surface area contributed by atoms with E-state index in [0.29, 0.717) is 21.2 Å². The molecular formula is C22H15Cl3N2O3. The lowest BCUT2D eigenvalue weighted by atomic mass is 10.1. The Morgan fingerprint density at radius 2 is 1.60 bits per heavy atom. The van der Waals surface area contributed by atoms with Crippen LogP contribution in [0.3, 0.4) is 0 Å². The third kappa shape index (κ3) is 5.60. The first-order valence-corrected chi connectivity index (χ1v) is 9.84. The molecule has 0 spiro atoms. The summed E-state index contributed by atoms with van der Waals surface area (Å²) in [5, 5.41) is 4.94. The van der Waals surface area contributed by atoms with Crippen LogP contribution in [0.2, 0.25) is 15.1 Å². The standard InChI is InChI=1S/C22H15Cl3N2O3/c1-13-2-4-14(5-3-13)22(29)30-20-9-7-16(23)10-15(20)12-26-27-21(28)18-8-6-17(24)11-19(18)25/h2-12H,1H3,(H,27,28)/b26-12+. The molecule has 0 aliphatic heterocycles. The molecule has 0 heterocycles. The van der Waals surface area contributed by atoms with Crippen molar-refractivity contribution < 1.29 is 14.3 Å². The monoisotopic (exact) mass is 460 g/mol. The second-order valence-corrected chi connectivity index (χ2v) is 7.54. The van der Waals surface area contributed by atoms with E-state index in [9.17, 15) is 9.59 Å². The molecule has 0 aromatic heterocycles. The fourth-order valence-corrected chi connectivity index (χ4v) is 3.13. The van der Waals surface area contributed by atoms with Crippen LogP contribution in [0.15, 0.2) is 65.8 Å². The molecule has 3 aromatic rings. The number of aryl methyl sites for hydroxylation is 1. The lowest BCUT2D eigenvalue weighted by molar-refractivity contribution is 0.0734. The maximum Gasteiger partial charge on any atom is 0.343 e. The van der Waals surface area contributed by atoms with Gasteiger partial charge >= 0.3 is 5.97 Å². The maximum absolute atomic E-state index is 12.4. The Kier molecular flexibility index (Phi) is 7.11. The van der Waals surface area contributed by atoms with E-state index in [-0.39, 0.29) is 16.3 Å². The Morgan fingerprint density at radius 1 is 0.933 bits per heavy atom. The first-order valence-electron chi connectivity index (χ1n) is 8.70. The van der Waals surface area contributed by atoms with E-state index in [1.54, 1.807) is 36.4 Å². The average Bonchev–Trinajstić information content (AvgIpc) is 2.70. The summed E-state index contributed by atoms with van der Waals surface area (Å²) in [7, 11) is 0. The van der Waals surface area contributed by atoms with Gasteiger partial charge < -0.3 is 4.74 Å². The zero-order valence-electron chi connectivity index (χ0n) is 15.7. The number of hydrogen-bond acceptors (Lipinski definition) is 4. The molecule has 0 aliphatic carbocycles. The van der Waals surface area contributed by atoms with Crippen molar-refractivity contribution in [3.63, 3.8) is 0 Å². The average molecular weight is 462 g/mol. The summed E-state index contributed by atoms with van der Waals surface area (Å²) < 4.78 is 5.46. The number of nitrogens with one attached hydrogen (secondary N) is 1. The largest absolute Gasteiger partial charge is 0.422 e. The quantitative estimate of drug-likeness (QED) is 0.221. The van der Waals surface area contributed by atoms with Crippen LogP contribution in [0.5, 0.6) is 5.75 Å². The second kappa shape index (κ2) is 9.76. The van der Waals surface area contributed by atoms with E-state index in [0.717, 1.165) is 5.56 Å². The number of hydrazone groups is 1. The van der Waals surface area contributed by atoms with Crippen LogP contribution in [-0.2, 0) is 0 Å². The summed E-state index contributed by atoms with van der Waals surface area (Å²) in [5.74, 6) is -0.801. The Hall–Kier alpha value is -2.86. The van der Waals surface area contributed by atoms with Gasteiger partial charge in [-0.2, -0.15) is 5.10 Å². The second-order valence-electron chi connectivity index (χ2n) is 6.26. The van der Waals surface area contributed by atoms with Crippen molar-refractivity contribution in [3.05, 3.63) is 98.0 Å². The molecule has 0 unspecified atom stereocenters. The van der Waals surface area contributed by atoms with Crippen molar-refractivity contribution >= 4 is 52.9 Å². The van der Waals surface area contributed by atoms with Crippen molar-refractivity contribution in [3.8, 4) is 5.75 Å². The molecule has 152 valence electrons. The molecule has 0 atom stereocenters. The van der Waals surface area contributed by atoms with Gasteiger partial charge in [0.15, 0.2) is 0 Å². The van der Waals surface area contributed by atoms with E-state index in [4.69, 9.17) is 39.5 Å². The van der Waals surface area contributed by atoms with Crippen molar-refractivity contribution in [1.82, 2.24) is 5.43 Å². The first-order chi connectivity index (χ1) is 14.3. The van der Waals surface area contributed by atoms with Gasteiger partial charge in [0, 0.05) is 15.6 Å². The van der Waals surface area contributed by atoms with Crippen LogP contribution in [0.25, 0.3) is 0 Å². The number of hydrogen-bond donors (Lipinski definition) is 1. The van der Waals surface area contributed by atoms with Gasteiger partial charge in [0.2, 0.25) is 0 Å². The van der Waals surface area contributed by atoms with Gasteiger partial charge in [0.1, 0.15) is 5.75 Å². The number of rotatable bonds is 5. The van der Waals surface area contributed by atoms with Crippen LogP contribution in [-0.4, -0.2) is 18.1 Å². The van der Waals surface area contributed by atoms with Gasteiger partial charge in [0.05, 0.1) is 22.4 Å². The van der Waals surface area contributed by atoms with Gasteiger partial charge in [-0.1, -0.05) is 52.5 Å². The zero-order chi connectivity index (χ0) is 21.7. The smallest absolute Gasteiger partial charge is 0.343 e. The topological polar surface area (TPSA) is 67.8 Å². The molecule has 30 heavy (non-hydrogen) atoms. The van der Waals surface area contributed by atoms with Crippen LogP contribution in [0.4, 0.5) is 0 Å². The SMILES string of the molecule is Cc1ccc(C(=O)Oc2ccc(Cl)cc2/C=N/NC(=O)c2ccc(Cl)cc2Cl)cc1. The fraction of sp³-hybridized carbons (Fsp3) is 0.0455. The van der Waals surface area contributed by atoms with E-state index in [1.807, 2.05) is 19.1 Å². The zero-order valence-corrected chi connectivity index (χ0v) is 17.9. The summed E-state index contributed by atoms with van der Waals surface area (Å²) in [6.45, 7) is 1.92. The van der Waals surface area contributed by atoms with Crippen molar-refractivity contribution in [2.45, 2.75) is 6.92 Å². The minimum atomic E-state index is -0.524. The Bertz CT molecular complexity index is 1130. The molecule has 8 heteroatoms. The summed E-state index contributed by atoms with van der Waals surface area (Å²) in [6.07, 6.45) is 1.32. The molecule has 0 bridgehead atoms. The molecule has 0 radical (unpaired) electrons. The molecule has 1 amide bonds. The highest BCUT2D eigenvalue weighted by Gasteiger charge is 2.13. The molecule has 3 rings (SSSR count). The van der Waals surface area contributed by atoms with Crippen LogP contribution in [0, 0.1) is 6.92 Å². The minimum Gasteiger partial charge on any atom is -0.422 e. The Morgan fingerprint density at radius 3 is 2.30 bits per heavy atom. The molecule has 3 aromatic carbocycles. The number of amides is 1. The first kappa shape index (κ1) is 21.8. The third-order valence-electron chi connectivity index (χ3n) is 4.01. The van der Waals surface area contributed by atoms with Gasteiger partial charge in [0.25, 0.3) is 5.91 Å². The molecule has 0 aliphatic rings. The minimum absolute atomic E-state index is 0.200. The molecule has 0 saturated heterocycles. The summed E-state index contributed by atoms with van der Waals surface area (Å²) in [5.41, 5.74) is 4.43. The molecule has 0 saturated carbocycles. The van der Waals surface area contributed by atoms with Crippen LogP contribution in [0.1, 0.15) is 31.8 Å². The van der Waals surface area contributed by atoms with Crippen molar-refractivity contribution in [2.24, 2.45) is 5.10 Å². The van der Waals surface area contributed by atoms with Crippen LogP contribution >= 0.6 is 34.8 Å². The lowest BCUT2D eigenvalue weighted by Crippen LogP contribution is -2.18. The van der Waals surface area contributed by atoms with E-state index >= 15 is 0 Å². The Balaban J connectivity index is 1.75. The number of carbonyl (C=O) groups is 2. The van der Waals surface area contributed by atoms with E-state index in [2.05, 4.69) is 10.5 Å². The third-order valence-corrected chi connectivity index (χ3v) is 4.79. The van der Waals surface area contributed by atoms with Gasteiger partial charge in [-0.15, -0.1) is 0 Å². The molecular weight excluding hydrogens is 447 g/mol. The van der Waals surface area contributed by atoms with E-state index < -0.39 is 11.9 Å². The van der Waals surface area contributed by atoms with Gasteiger partial charge in [-0.25, -0.2) is 10.2 Å². The molecule has 1 N–H and O–H groups in total. The highest BCUT2D eigenvalue weighted by Crippen LogP contribution is 2.23. The predicted octanol–water partition coefficient (Wildman–Crippen LogP) is 5.94. The van der Waals surface area contributed by atoms with Gasteiger partial charge in [-0.05, 0) is 55.5 Å². The Labute approximate surface area is 188 Å². The number of benzene rings is 3. The summed E-state index contributed by atoms with van der Waals surface area (Å²) >= 11 is 17.9. The summed E-state index contributed by atoms with van der Waals surface area (Å²) in [4.78, 5) is 24.6. The predicted molar refractivity (Wildman–Crippen MR) is 119 cm³/mol. The number of esters is 1. The number of nitrogens with zero attached hydrogens (tertiary/aromatic N) is 1. The number of halogens is 3. The van der Waals surface area contributed by atoms with E-state index in [1.165, 1.54) is 18.3 Å².